The Labute approximate surface area is 190 Å². The maximum atomic E-state index is 13.1. The highest BCUT2D eigenvalue weighted by atomic mass is 32.2. The minimum atomic E-state index is -3.04. The number of thioether (sulfide) groups is 1. The first kappa shape index (κ1) is 22.3. The monoisotopic (exact) mass is 482 g/mol. The van der Waals surface area contributed by atoms with Gasteiger partial charge in [-0.3, -0.25) is 4.79 Å². The van der Waals surface area contributed by atoms with E-state index in [2.05, 4.69) is 15.5 Å². The van der Waals surface area contributed by atoms with Crippen molar-refractivity contribution >= 4 is 49.7 Å². The molecule has 1 N–H and O–H groups in total. The van der Waals surface area contributed by atoms with E-state index in [4.69, 9.17) is 4.74 Å². The van der Waals surface area contributed by atoms with Gasteiger partial charge in [0.2, 0.25) is 11.0 Å². The summed E-state index contributed by atoms with van der Waals surface area (Å²) in [5.41, 5.74) is 0.845. The zero-order chi connectivity index (χ0) is 21.8. The Morgan fingerprint density at radius 2 is 2.06 bits per heavy atom. The number of nitrogens with zero attached hydrogens (tertiary/aromatic N) is 3. The third-order valence-electron chi connectivity index (χ3n) is 5.65. The van der Waals surface area contributed by atoms with E-state index in [0.717, 1.165) is 37.1 Å². The molecule has 1 saturated carbocycles. The summed E-state index contributed by atoms with van der Waals surface area (Å²) in [6, 6.07) is 7.50. The number of ether oxygens (including phenoxy) is 1. The van der Waals surface area contributed by atoms with Crippen LogP contribution in [0.15, 0.2) is 28.6 Å². The van der Waals surface area contributed by atoms with Crippen LogP contribution in [0.5, 0.6) is 5.75 Å². The third-order valence-corrected chi connectivity index (χ3v) is 9.36. The fourth-order valence-corrected chi connectivity index (χ4v) is 7.58. The average Bonchev–Trinajstić information content (AvgIpc) is 3.49. The molecule has 1 saturated heterocycles. The smallest absolute Gasteiger partial charge is 0.233 e. The summed E-state index contributed by atoms with van der Waals surface area (Å²) >= 11 is 2.73. The number of sulfone groups is 1. The van der Waals surface area contributed by atoms with Crippen LogP contribution < -0.4 is 10.1 Å². The van der Waals surface area contributed by atoms with Crippen molar-refractivity contribution in [2.45, 2.75) is 48.5 Å². The second kappa shape index (κ2) is 9.74. The number of benzene rings is 1. The molecule has 1 amide bonds. The van der Waals surface area contributed by atoms with E-state index in [0.29, 0.717) is 15.9 Å². The number of carbonyl (C=O) groups is 1. The molecule has 0 unspecified atom stereocenters. The first-order valence-electron chi connectivity index (χ1n) is 10.3. The van der Waals surface area contributed by atoms with E-state index in [9.17, 15) is 13.2 Å². The minimum absolute atomic E-state index is 0.00324. The van der Waals surface area contributed by atoms with Crippen LogP contribution in [0.4, 0.5) is 10.8 Å². The van der Waals surface area contributed by atoms with E-state index in [1.54, 1.807) is 7.11 Å². The fourth-order valence-electron chi connectivity index (χ4n) is 4.22. The molecule has 168 valence electrons. The predicted molar refractivity (Wildman–Crippen MR) is 123 cm³/mol. The molecule has 0 radical (unpaired) electrons. The second-order valence-electron chi connectivity index (χ2n) is 7.81. The SMILES string of the molecule is COc1cccc(Nc2nnc(SCC(=O)N(C3CCCC3)[C@@H]3CCS(=O)(=O)C3)s2)c1. The highest BCUT2D eigenvalue weighted by Crippen LogP contribution is 2.32. The number of amides is 1. The Kier molecular flexibility index (Phi) is 7.02. The Morgan fingerprint density at radius 3 is 2.77 bits per heavy atom. The van der Waals surface area contributed by atoms with Crippen molar-refractivity contribution in [2.24, 2.45) is 0 Å². The lowest BCUT2D eigenvalue weighted by Crippen LogP contribution is -2.47. The van der Waals surface area contributed by atoms with Crippen molar-refractivity contribution in [3.63, 3.8) is 0 Å². The molecule has 1 aliphatic carbocycles. The standard InChI is InChI=1S/C20H26N4O4S3/c1-28-17-8-4-5-14(11-17)21-19-22-23-20(30-19)29-12-18(25)24(15-6-2-3-7-15)16-9-10-31(26,27)13-16/h4-5,8,11,15-16H,2-3,6-7,9-10,12-13H2,1H3,(H,21,22)/t16-/m1/s1. The molecule has 1 atom stereocenters. The van der Waals surface area contributed by atoms with Gasteiger partial charge in [-0.25, -0.2) is 8.42 Å². The Morgan fingerprint density at radius 1 is 1.26 bits per heavy atom. The molecule has 0 bridgehead atoms. The van der Waals surface area contributed by atoms with Crippen LogP contribution in [0.1, 0.15) is 32.1 Å². The van der Waals surface area contributed by atoms with Gasteiger partial charge in [-0.1, -0.05) is 42.0 Å². The number of hydrogen-bond acceptors (Lipinski definition) is 9. The van der Waals surface area contributed by atoms with Gasteiger partial charge in [-0.05, 0) is 31.4 Å². The largest absolute Gasteiger partial charge is 0.497 e. The van der Waals surface area contributed by atoms with Gasteiger partial charge in [-0.15, -0.1) is 10.2 Å². The number of nitrogens with one attached hydrogen (secondary N) is 1. The van der Waals surface area contributed by atoms with Crippen LogP contribution in [0, 0.1) is 0 Å². The van der Waals surface area contributed by atoms with Gasteiger partial charge in [0, 0.05) is 23.8 Å². The van der Waals surface area contributed by atoms with Gasteiger partial charge in [0.25, 0.3) is 0 Å². The average molecular weight is 483 g/mol. The summed E-state index contributed by atoms with van der Waals surface area (Å²) < 4.78 is 29.9. The first-order chi connectivity index (χ1) is 14.9. The summed E-state index contributed by atoms with van der Waals surface area (Å²) in [7, 11) is -1.42. The van der Waals surface area contributed by atoms with Gasteiger partial charge in [-0.2, -0.15) is 0 Å². The van der Waals surface area contributed by atoms with Crippen molar-refractivity contribution in [3.05, 3.63) is 24.3 Å². The molecule has 8 nitrogen and oxygen atoms in total. The molecule has 2 heterocycles. The second-order valence-corrected chi connectivity index (χ2v) is 12.2. The van der Waals surface area contributed by atoms with Crippen molar-refractivity contribution in [1.82, 2.24) is 15.1 Å². The lowest BCUT2D eigenvalue weighted by atomic mass is 10.1. The van der Waals surface area contributed by atoms with Crippen molar-refractivity contribution in [1.29, 1.82) is 0 Å². The molecule has 1 aliphatic heterocycles. The van der Waals surface area contributed by atoms with Crippen molar-refractivity contribution < 1.29 is 17.9 Å². The van der Waals surface area contributed by atoms with E-state index in [1.807, 2.05) is 29.2 Å². The molecular weight excluding hydrogens is 456 g/mol. The zero-order valence-electron chi connectivity index (χ0n) is 17.3. The van der Waals surface area contributed by atoms with Gasteiger partial charge >= 0.3 is 0 Å². The normalized spacial score (nSPS) is 20.6. The number of rotatable bonds is 8. The Balaban J connectivity index is 1.37. The highest BCUT2D eigenvalue weighted by molar-refractivity contribution is 8.01. The summed E-state index contributed by atoms with van der Waals surface area (Å²) in [4.78, 5) is 15.0. The molecular formula is C20H26N4O4S3. The number of carbonyl (C=O) groups excluding carboxylic acids is 1. The molecule has 2 fully saturated rings. The maximum Gasteiger partial charge on any atom is 0.233 e. The van der Waals surface area contributed by atoms with Crippen molar-refractivity contribution in [3.8, 4) is 5.75 Å². The molecule has 31 heavy (non-hydrogen) atoms. The molecule has 0 spiro atoms. The zero-order valence-corrected chi connectivity index (χ0v) is 19.8. The maximum absolute atomic E-state index is 13.1. The van der Waals surface area contributed by atoms with Crippen LogP contribution in [0.2, 0.25) is 0 Å². The molecule has 4 rings (SSSR count). The number of anilines is 2. The quantitative estimate of drug-likeness (QED) is 0.572. The van der Waals surface area contributed by atoms with Crippen LogP contribution >= 0.6 is 23.1 Å². The van der Waals surface area contributed by atoms with Crippen LogP contribution in [-0.2, 0) is 14.6 Å². The van der Waals surface area contributed by atoms with Crippen LogP contribution in [-0.4, -0.2) is 65.9 Å². The Hall–Kier alpha value is -1.85. The molecule has 2 aromatic rings. The molecule has 2 aliphatic rings. The van der Waals surface area contributed by atoms with E-state index in [1.165, 1.54) is 23.1 Å². The summed E-state index contributed by atoms with van der Waals surface area (Å²) in [5, 5.41) is 12.2. The number of hydrogen-bond donors (Lipinski definition) is 1. The highest BCUT2D eigenvalue weighted by Gasteiger charge is 2.38. The molecule has 1 aromatic heterocycles. The third kappa shape index (κ3) is 5.69. The topological polar surface area (TPSA) is 101 Å². The summed E-state index contributed by atoms with van der Waals surface area (Å²) in [6.07, 6.45) is 4.65. The number of methoxy groups -OCH3 is 1. The predicted octanol–water partition coefficient (Wildman–Crippen LogP) is 3.34. The van der Waals surface area contributed by atoms with E-state index >= 15 is 0 Å². The first-order valence-corrected chi connectivity index (χ1v) is 13.9. The van der Waals surface area contributed by atoms with Gasteiger partial charge in [0.15, 0.2) is 14.2 Å². The lowest BCUT2D eigenvalue weighted by Gasteiger charge is -2.34. The van der Waals surface area contributed by atoms with E-state index in [-0.39, 0.29) is 35.2 Å². The number of aromatic nitrogens is 2. The molecule has 11 heteroatoms. The minimum Gasteiger partial charge on any atom is -0.497 e. The van der Waals surface area contributed by atoms with Crippen LogP contribution in [0.3, 0.4) is 0 Å². The summed E-state index contributed by atoms with van der Waals surface area (Å²) in [5.74, 6) is 1.25. The van der Waals surface area contributed by atoms with E-state index < -0.39 is 9.84 Å². The van der Waals surface area contributed by atoms with Crippen molar-refractivity contribution in [2.75, 3.05) is 29.7 Å². The van der Waals surface area contributed by atoms with Gasteiger partial charge in [0.1, 0.15) is 5.75 Å². The van der Waals surface area contributed by atoms with Gasteiger partial charge in [0.05, 0.1) is 24.4 Å². The fraction of sp³-hybridized carbons (Fsp3) is 0.550. The summed E-state index contributed by atoms with van der Waals surface area (Å²) in [6.45, 7) is 0. The Bertz CT molecular complexity index is 1020. The van der Waals surface area contributed by atoms with Crippen LogP contribution in [0.25, 0.3) is 0 Å². The van der Waals surface area contributed by atoms with Gasteiger partial charge < -0.3 is 15.0 Å². The lowest BCUT2D eigenvalue weighted by molar-refractivity contribution is -0.132. The molecule has 1 aromatic carbocycles.